The van der Waals surface area contributed by atoms with Crippen molar-refractivity contribution in [1.82, 2.24) is 0 Å². The fourth-order valence-electron chi connectivity index (χ4n) is 3.03. The summed E-state index contributed by atoms with van der Waals surface area (Å²) in [5.74, 6) is 1.54. The number of para-hydroxylation sites is 3. The number of nitrogens with one attached hydrogen (secondary N) is 1. The van der Waals surface area contributed by atoms with Crippen molar-refractivity contribution < 1.29 is 14.3 Å². The van der Waals surface area contributed by atoms with Crippen LogP contribution in [0.3, 0.4) is 0 Å². The van der Waals surface area contributed by atoms with E-state index >= 15 is 0 Å². The van der Waals surface area contributed by atoms with Gasteiger partial charge in [-0.25, -0.2) is 0 Å². The molecule has 28 heavy (non-hydrogen) atoms. The highest BCUT2D eigenvalue weighted by Gasteiger charge is 2.16. The van der Waals surface area contributed by atoms with Crippen LogP contribution in [0.2, 0.25) is 0 Å². The van der Waals surface area contributed by atoms with Crippen LogP contribution in [0.4, 0.5) is 5.69 Å². The molecule has 0 bridgehead atoms. The average Bonchev–Trinajstić information content (AvgIpc) is 2.75. The standard InChI is InChI=1S/C24H19NO3/c1-27-23-16-18-10-6-5-9-17(18)15-20(23)24(26)25-21-13-7-8-14-22(21)28-19-11-3-2-4-12-19/h2-16H,1H3,(H,25,26). The van der Waals surface area contributed by atoms with Crippen molar-refractivity contribution in [2.75, 3.05) is 12.4 Å². The second kappa shape index (κ2) is 7.84. The predicted octanol–water partition coefficient (Wildman–Crippen LogP) is 5.89. The van der Waals surface area contributed by atoms with E-state index in [1.165, 1.54) is 0 Å². The van der Waals surface area contributed by atoms with Crippen LogP contribution >= 0.6 is 0 Å². The van der Waals surface area contributed by atoms with Gasteiger partial charge in [-0.2, -0.15) is 0 Å². The largest absolute Gasteiger partial charge is 0.496 e. The van der Waals surface area contributed by atoms with E-state index in [-0.39, 0.29) is 5.91 Å². The van der Waals surface area contributed by atoms with Crippen LogP contribution in [-0.4, -0.2) is 13.0 Å². The third-order valence-electron chi connectivity index (χ3n) is 4.42. The van der Waals surface area contributed by atoms with Gasteiger partial charge in [0.25, 0.3) is 5.91 Å². The van der Waals surface area contributed by atoms with E-state index in [2.05, 4.69) is 5.32 Å². The minimum Gasteiger partial charge on any atom is -0.496 e. The molecular weight excluding hydrogens is 350 g/mol. The lowest BCUT2D eigenvalue weighted by Crippen LogP contribution is -2.13. The zero-order valence-corrected chi connectivity index (χ0v) is 15.4. The molecule has 4 heteroatoms. The molecule has 4 aromatic carbocycles. The van der Waals surface area contributed by atoms with E-state index in [0.29, 0.717) is 28.5 Å². The van der Waals surface area contributed by atoms with Crippen LogP contribution < -0.4 is 14.8 Å². The summed E-state index contributed by atoms with van der Waals surface area (Å²) in [4.78, 5) is 13.0. The number of methoxy groups -OCH3 is 1. The summed E-state index contributed by atoms with van der Waals surface area (Å²) < 4.78 is 11.4. The fourth-order valence-corrected chi connectivity index (χ4v) is 3.03. The summed E-state index contributed by atoms with van der Waals surface area (Å²) in [5.41, 5.74) is 1.06. The highest BCUT2D eigenvalue weighted by atomic mass is 16.5. The summed E-state index contributed by atoms with van der Waals surface area (Å²) in [6.45, 7) is 0. The molecule has 138 valence electrons. The Balaban J connectivity index is 1.65. The number of amides is 1. The monoisotopic (exact) mass is 369 g/mol. The second-order valence-corrected chi connectivity index (χ2v) is 6.27. The molecule has 0 saturated heterocycles. The molecule has 0 aliphatic rings. The van der Waals surface area contributed by atoms with Gasteiger partial charge in [0.15, 0.2) is 5.75 Å². The van der Waals surface area contributed by atoms with Crippen LogP contribution in [0.1, 0.15) is 10.4 Å². The Labute approximate surface area is 163 Å². The normalized spacial score (nSPS) is 10.5. The van der Waals surface area contributed by atoms with Gasteiger partial charge in [0, 0.05) is 0 Å². The molecule has 0 saturated carbocycles. The number of fused-ring (bicyclic) bond motifs is 1. The number of carbonyl (C=O) groups is 1. The SMILES string of the molecule is COc1cc2ccccc2cc1C(=O)Nc1ccccc1Oc1ccccc1. The first kappa shape index (κ1) is 17.6. The maximum Gasteiger partial charge on any atom is 0.259 e. The molecular formula is C24H19NO3. The van der Waals surface area contributed by atoms with Crippen molar-refractivity contribution in [1.29, 1.82) is 0 Å². The van der Waals surface area contributed by atoms with Gasteiger partial charge in [-0.3, -0.25) is 4.79 Å². The maximum absolute atomic E-state index is 13.0. The van der Waals surface area contributed by atoms with Crippen molar-refractivity contribution in [2.24, 2.45) is 0 Å². The number of hydrogen-bond acceptors (Lipinski definition) is 3. The third-order valence-corrected chi connectivity index (χ3v) is 4.42. The van der Waals surface area contributed by atoms with Gasteiger partial charge in [-0.15, -0.1) is 0 Å². The lowest BCUT2D eigenvalue weighted by Gasteiger charge is -2.14. The Kier molecular flexibility index (Phi) is 4.93. The summed E-state index contributed by atoms with van der Waals surface area (Å²) in [6, 6.07) is 28.4. The van der Waals surface area contributed by atoms with Crippen LogP contribution in [0.25, 0.3) is 10.8 Å². The molecule has 0 aliphatic heterocycles. The molecule has 0 atom stereocenters. The average molecular weight is 369 g/mol. The highest BCUT2D eigenvalue weighted by Crippen LogP contribution is 2.31. The van der Waals surface area contributed by atoms with Crippen LogP contribution in [0, 0.1) is 0 Å². The van der Waals surface area contributed by atoms with Crippen LogP contribution in [0.5, 0.6) is 17.2 Å². The van der Waals surface area contributed by atoms with E-state index in [4.69, 9.17) is 9.47 Å². The number of rotatable bonds is 5. The summed E-state index contributed by atoms with van der Waals surface area (Å²) in [6.07, 6.45) is 0. The summed E-state index contributed by atoms with van der Waals surface area (Å²) in [7, 11) is 1.56. The third kappa shape index (κ3) is 3.67. The molecule has 0 aliphatic carbocycles. The van der Waals surface area contributed by atoms with Gasteiger partial charge in [0.05, 0.1) is 18.4 Å². The van der Waals surface area contributed by atoms with E-state index < -0.39 is 0 Å². The van der Waals surface area contributed by atoms with E-state index in [0.717, 1.165) is 10.8 Å². The molecule has 4 aromatic rings. The Morgan fingerprint density at radius 2 is 1.39 bits per heavy atom. The van der Waals surface area contributed by atoms with E-state index in [1.54, 1.807) is 7.11 Å². The minimum absolute atomic E-state index is 0.258. The molecule has 4 nitrogen and oxygen atoms in total. The quantitative estimate of drug-likeness (QED) is 0.477. The number of carbonyl (C=O) groups excluding carboxylic acids is 1. The van der Waals surface area contributed by atoms with Crippen molar-refractivity contribution in [3.8, 4) is 17.2 Å². The first-order valence-corrected chi connectivity index (χ1v) is 8.94. The lowest BCUT2D eigenvalue weighted by atomic mass is 10.1. The zero-order chi connectivity index (χ0) is 19.3. The van der Waals surface area contributed by atoms with Gasteiger partial charge in [0.1, 0.15) is 11.5 Å². The van der Waals surface area contributed by atoms with Gasteiger partial charge < -0.3 is 14.8 Å². The van der Waals surface area contributed by atoms with E-state index in [1.807, 2.05) is 91.0 Å². The molecule has 4 rings (SSSR count). The van der Waals surface area contributed by atoms with Gasteiger partial charge in [0.2, 0.25) is 0 Å². The van der Waals surface area contributed by atoms with Crippen LogP contribution in [0.15, 0.2) is 91.0 Å². The topological polar surface area (TPSA) is 47.6 Å². The van der Waals surface area contributed by atoms with Crippen molar-refractivity contribution >= 4 is 22.4 Å². The molecule has 0 spiro atoms. The number of benzene rings is 4. The fraction of sp³-hybridized carbons (Fsp3) is 0.0417. The van der Waals surface area contributed by atoms with Gasteiger partial charge in [-0.05, 0) is 47.2 Å². The zero-order valence-electron chi connectivity index (χ0n) is 15.4. The van der Waals surface area contributed by atoms with E-state index in [9.17, 15) is 4.79 Å². The predicted molar refractivity (Wildman–Crippen MR) is 111 cm³/mol. The van der Waals surface area contributed by atoms with Gasteiger partial charge >= 0.3 is 0 Å². The summed E-state index contributed by atoms with van der Waals surface area (Å²) >= 11 is 0. The Hall–Kier alpha value is -3.79. The number of hydrogen-bond donors (Lipinski definition) is 1. The Morgan fingerprint density at radius 3 is 2.14 bits per heavy atom. The van der Waals surface area contributed by atoms with Crippen molar-refractivity contribution in [2.45, 2.75) is 0 Å². The molecule has 1 amide bonds. The minimum atomic E-state index is -0.258. The molecule has 1 N–H and O–H groups in total. The number of ether oxygens (including phenoxy) is 2. The summed E-state index contributed by atoms with van der Waals surface area (Å²) in [5, 5.41) is 4.93. The molecule has 0 heterocycles. The second-order valence-electron chi connectivity index (χ2n) is 6.27. The Bertz CT molecular complexity index is 1120. The highest BCUT2D eigenvalue weighted by molar-refractivity contribution is 6.09. The molecule has 0 fully saturated rings. The smallest absolute Gasteiger partial charge is 0.259 e. The number of anilines is 1. The van der Waals surface area contributed by atoms with Crippen molar-refractivity contribution in [3.63, 3.8) is 0 Å². The first-order chi connectivity index (χ1) is 13.7. The molecule has 0 radical (unpaired) electrons. The first-order valence-electron chi connectivity index (χ1n) is 8.94. The Morgan fingerprint density at radius 1 is 0.750 bits per heavy atom. The maximum atomic E-state index is 13.0. The van der Waals surface area contributed by atoms with Gasteiger partial charge in [-0.1, -0.05) is 54.6 Å². The lowest BCUT2D eigenvalue weighted by molar-refractivity contribution is 0.102. The van der Waals surface area contributed by atoms with Crippen LogP contribution in [-0.2, 0) is 0 Å². The molecule has 0 aromatic heterocycles. The van der Waals surface area contributed by atoms with Crippen molar-refractivity contribution in [3.05, 3.63) is 96.6 Å². The molecule has 0 unspecified atom stereocenters.